The number of fused-ring (bicyclic) bond motifs is 1. The topological polar surface area (TPSA) is 23.5 Å². The van der Waals surface area contributed by atoms with Crippen LogP contribution in [0.25, 0.3) is 0 Å². The van der Waals surface area contributed by atoms with Crippen LogP contribution in [0, 0.1) is 0 Å². The van der Waals surface area contributed by atoms with Crippen LogP contribution in [0.4, 0.5) is 0 Å². The Bertz CT molecular complexity index is 171. The van der Waals surface area contributed by atoms with Crippen LogP contribution >= 0.6 is 0 Å². The first-order valence-corrected chi connectivity index (χ1v) is 5.20. The van der Waals surface area contributed by atoms with E-state index < -0.39 is 0 Å². The third-order valence-corrected chi connectivity index (χ3v) is 3.90. The van der Waals surface area contributed by atoms with Crippen molar-refractivity contribution in [2.24, 2.45) is 0 Å². The van der Waals surface area contributed by atoms with E-state index >= 15 is 0 Å². The monoisotopic (exact) mass is 169 g/mol. The van der Waals surface area contributed by atoms with E-state index in [9.17, 15) is 5.11 Å². The maximum absolute atomic E-state index is 9.18. The van der Waals surface area contributed by atoms with E-state index in [1.807, 2.05) is 0 Å². The van der Waals surface area contributed by atoms with Crippen LogP contribution in [0.15, 0.2) is 0 Å². The van der Waals surface area contributed by atoms with Gasteiger partial charge in [-0.15, -0.1) is 0 Å². The predicted molar refractivity (Wildman–Crippen MR) is 49.1 cm³/mol. The lowest BCUT2D eigenvalue weighted by atomic mass is 9.91. The van der Waals surface area contributed by atoms with Crippen molar-refractivity contribution in [3.05, 3.63) is 0 Å². The Morgan fingerprint density at radius 3 is 3.00 bits per heavy atom. The molecule has 0 aliphatic carbocycles. The summed E-state index contributed by atoms with van der Waals surface area (Å²) >= 11 is 0. The lowest BCUT2D eigenvalue weighted by Crippen LogP contribution is -2.42. The lowest BCUT2D eigenvalue weighted by molar-refractivity contribution is 0.103. The van der Waals surface area contributed by atoms with E-state index in [1.165, 1.54) is 38.6 Å². The van der Waals surface area contributed by atoms with Gasteiger partial charge >= 0.3 is 0 Å². The summed E-state index contributed by atoms with van der Waals surface area (Å²) in [5, 5.41) is 9.18. The van der Waals surface area contributed by atoms with Crippen LogP contribution < -0.4 is 0 Å². The number of hydrogen-bond acceptors (Lipinski definition) is 2. The highest BCUT2D eigenvalue weighted by atomic mass is 16.3. The summed E-state index contributed by atoms with van der Waals surface area (Å²) in [7, 11) is 0. The third-order valence-electron chi connectivity index (χ3n) is 3.90. The van der Waals surface area contributed by atoms with Crippen LogP contribution in [-0.2, 0) is 0 Å². The molecular weight excluding hydrogens is 150 g/mol. The molecule has 0 bridgehead atoms. The molecule has 2 aliphatic heterocycles. The minimum atomic E-state index is 0.363. The van der Waals surface area contributed by atoms with Gasteiger partial charge in [0.2, 0.25) is 0 Å². The van der Waals surface area contributed by atoms with E-state index in [2.05, 4.69) is 11.8 Å². The van der Waals surface area contributed by atoms with Crippen molar-refractivity contribution in [3.63, 3.8) is 0 Å². The van der Waals surface area contributed by atoms with Gasteiger partial charge in [-0.3, -0.25) is 4.90 Å². The van der Waals surface area contributed by atoms with Gasteiger partial charge in [0.1, 0.15) is 0 Å². The fourth-order valence-electron chi connectivity index (χ4n) is 3.14. The molecule has 2 heterocycles. The fourth-order valence-corrected chi connectivity index (χ4v) is 3.14. The molecule has 0 amide bonds. The Hall–Kier alpha value is -0.0800. The minimum Gasteiger partial charge on any atom is -0.395 e. The molecule has 2 rings (SSSR count). The number of aliphatic hydroxyl groups is 1. The van der Waals surface area contributed by atoms with Gasteiger partial charge in [0.25, 0.3) is 0 Å². The predicted octanol–water partition coefficient (Wildman–Crippen LogP) is 1.39. The van der Waals surface area contributed by atoms with E-state index in [4.69, 9.17) is 0 Å². The second kappa shape index (κ2) is 3.00. The van der Waals surface area contributed by atoms with Gasteiger partial charge in [-0.2, -0.15) is 0 Å². The van der Waals surface area contributed by atoms with Crippen molar-refractivity contribution in [2.45, 2.75) is 50.6 Å². The molecule has 0 saturated carbocycles. The van der Waals surface area contributed by atoms with Crippen molar-refractivity contribution in [1.82, 2.24) is 4.90 Å². The molecule has 0 radical (unpaired) electrons. The van der Waals surface area contributed by atoms with Gasteiger partial charge in [0.15, 0.2) is 0 Å². The van der Waals surface area contributed by atoms with Crippen LogP contribution in [0.5, 0.6) is 0 Å². The number of aliphatic hydroxyl groups excluding tert-OH is 1. The molecule has 2 aliphatic rings. The smallest absolute Gasteiger partial charge is 0.0587 e. The highest BCUT2D eigenvalue weighted by Gasteiger charge is 2.47. The molecule has 2 fully saturated rings. The summed E-state index contributed by atoms with van der Waals surface area (Å²) in [4.78, 5) is 2.56. The molecule has 70 valence electrons. The van der Waals surface area contributed by atoms with Crippen molar-refractivity contribution >= 4 is 0 Å². The van der Waals surface area contributed by atoms with Crippen LogP contribution in [0.1, 0.15) is 39.0 Å². The van der Waals surface area contributed by atoms with E-state index in [0.717, 1.165) is 0 Å². The van der Waals surface area contributed by atoms with Gasteiger partial charge in [-0.1, -0.05) is 6.92 Å². The molecule has 2 heteroatoms. The Kier molecular flexibility index (Phi) is 2.13. The largest absolute Gasteiger partial charge is 0.395 e. The van der Waals surface area contributed by atoms with Crippen molar-refractivity contribution in [1.29, 1.82) is 0 Å². The van der Waals surface area contributed by atoms with E-state index in [0.29, 0.717) is 18.2 Å². The van der Waals surface area contributed by atoms with E-state index in [1.54, 1.807) is 0 Å². The maximum Gasteiger partial charge on any atom is 0.0587 e. The van der Waals surface area contributed by atoms with Crippen LogP contribution in [0.3, 0.4) is 0 Å². The third kappa shape index (κ3) is 1.01. The fraction of sp³-hybridized carbons (Fsp3) is 1.00. The molecule has 2 nitrogen and oxygen atoms in total. The number of nitrogens with zero attached hydrogens (tertiary/aromatic N) is 1. The highest BCUT2D eigenvalue weighted by Crippen LogP contribution is 2.44. The van der Waals surface area contributed by atoms with Gasteiger partial charge in [0, 0.05) is 11.6 Å². The molecule has 1 N–H and O–H groups in total. The standard InChI is InChI=1S/C10H19NO/c1-2-10-5-3-7-11(10)9(8-12)4-6-10/h9,12H,2-8H2,1H3/t9-,10-/m1/s1. The van der Waals surface area contributed by atoms with E-state index in [-0.39, 0.29) is 0 Å². The lowest BCUT2D eigenvalue weighted by Gasteiger charge is -2.33. The average Bonchev–Trinajstić information content (AvgIpc) is 2.61. The van der Waals surface area contributed by atoms with Crippen molar-refractivity contribution in [3.8, 4) is 0 Å². The summed E-state index contributed by atoms with van der Waals surface area (Å²) in [5.74, 6) is 0. The van der Waals surface area contributed by atoms with Crippen LogP contribution in [-0.4, -0.2) is 34.7 Å². The number of hydrogen-bond donors (Lipinski definition) is 1. The molecule has 0 spiro atoms. The van der Waals surface area contributed by atoms with Gasteiger partial charge < -0.3 is 5.11 Å². The molecule has 0 aromatic carbocycles. The molecule has 2 saturated heterocycles. The first-order valence-electron chi connectivity index (χ1n) is 5.20. The second-order valence-electron chi connectivity index (χ2n) is 4.25. The molecular formula is C10H19NO. The second-order valence-corrected chi connectivity index (χ2v) is 4.25. The summed E-state index contributed by atoms with van der Waals surface area (Å²) < 4.78 is 0. The van der Waals surface area contributed by atoms with Crippen LogP contribution in [0.2, 0.25) is 0 Å². The SMILES string of the molecule is CC[C@]12CCCN1[C@@H](CO)CC2. The van der Waals surface area contributed by atoms with Crippen molar-refractivity contribution < 1.29 is 5.11 Å². The Morgan fingerprint density at radius 1 is 1.50 bits per heavy atom. The zero-order chi connectivity index (χ0) is 8.60. The molecule has 2 atom stereocenters. The highest BCUT2D eigenvalue weighted by molar-refractivity contribution is 5.03. The van der Waals surface area contributed by atoms with Gasteiger partial charge in [-0.25, -0.2) is 0 Å². The first kappa shape index (κ1) is 8.52. The quantitative estimate of drug-likeness (QED) is 0.675. The molecule has 0 unspecified atom stereocenters. The Balaban J connectivity index is 2.14. The Morgan fingerprint density at radius 2 is 2.33 bits per heavy atom. The summed E-state index contributed by atoms with van der Waals surface area (Å²) in [6.07, 6.45) is 6.49. The average molecular weight is 169 g/mol. The zero-order valence-electron chi connectivity index (χ0n) is 7.92. The maximum atomic E-state index is 9.18. The molecule has 0 aromatic heterocycles. The summed E-state index contributed by atoms with van der Waals surface area (Å²) in [6.45, 7) is 3.87. The van der Waals surface area contributed by atoms with Gasteiger partial charge in [-0.05, 0) is 38.6 Å². The molecule has 0 aromatic rings. The summed E-state index contributed by atoms with van der Waals surface area (Å²) in [6, 6.07) is 0.479. The zero-order valence-corrected chi connectivity index (χ0v) is 7.92. The minimum absolute atomic E-state index is 0.363. The number of rotatable bonds is 2. The Labute approximate surface area is 74.6 Å². The van der Waals surface area contributed by atoms with Crippen molar-refractivity contribution in [2.75, 3.05) is 13.2 Å². The normalized spacial score (nSPS) is 42.0. The first-order chi connectivity index (χ1) is 5.82. The van der Waals surface area contributed by atoms with Gasteiger partial charge in [0.05, 0.1) is 6.61 Å². The molecule has 12 heavy (non-hydrogen) atoms. The summed E-state index contributed by atoms with van der Waals surface area (Å²) in [5.41, 5.74) is 0.493.